The summed E-state index contributed by atoms with van der Waals surface area (Å²) in [5.41, 5.74) is 2.64. The second-order valence-corrected chi connectivity index (χ2v) is 8.48. The minimum atomic E-state index is -5.08. The zero-order valence-corrected chi connectivity index (χ0v) is 19.2. The molecule has 182 valence electrons. The number of aromatic nitrogens is 1. The van der Waals surface area contributed by atoms with Crippen molar-refractivity contribution >= 4 is 44.2 Å². The number of likely N-dealkylation sites (N-methyl/N-ethyl adjacent to an activating group) is 1. The fourth-order valence-electron chi connectivity index (χ4n) is 3.14. The lowest BCUT2D eigenvalue weighted by Gasteiger charge is -2.34. The summed E-state index contributed by atoms with van der Waals surface area (Å²) in [6.45, 7) is 4.14. The van der Waals surface area contributed by atoms with E-state index in [1.54, 1.807) is 7.11 Å². The average molecular weight is 497 g/mol. The van der Waals surface area contributed by atoms with Crippen LogP contribution in [0.5, 0.6) is 5.75 Å². The van der Waals surface area contributed by atoms with Gasteiger partial charge in [-0.2, -0.15) is 13.2 Å². The van der Waals surface area contributed by atoms with Crippen LogP contribution in [0.1, 0.15) is 10.4 Å². The van der Waals surface area contributed by atoms with Crippen molar-refractivity contribution in [3.8, 4) is 5.75 Å². The number of carbonyl (C=O) groups is 2. The molecule has 12 heteroatoms. The van der Waals surface area contributed by atoms with Gasteiger partial charge < -0.3 is 19.6 Å². The lowest BCUT2D eigenvalue weighted by atomic mass is 10.1. The number of carboxylic acids is 1. The summed E-state index contributed by atoms with van der Waals surface area (Å²) >= 11 is 1.44. The van der Waals surface area contributed by atoms with Crippen LogP contribution in [-0.2, 0) is 4.79 Å². The molecule has 8 nitrogen and oxygen atoms in total. The molecule has 34 heavy (non-hydrogen) atoms. The number of rotatable bonds is 4. The maximum absolute atomic E-state index is 12.6. The van der Waals surface area contributed by atoms with Crippen molar-refractivity contribution in [3.63, 3.8) is 0 Å². The third kappa shape index (κ3) is 6.58. The molecular formula is C22H23F3N4O4S. The number of benzene rings is 2. The fraction of sp³-hybridized carbons (Fsp3) is 0.318. The standard InChI is InChI=1S/C20H22N4O2S.C2HF3O2/c1-23-9-11-24(12-10-23)15-5-3-14(4-6-15)19(25)22-20-21-17-8-7-16(26-2)13-18(17)27-20;3-2(4,5)1(6)7/h3-8,13H,9-12H2,1-2H3,(H,21,22,25);(H,6,7). The molecule has 2 heterocycles. The van der Waals surface area contributed by atoms with Crippen LogP contribution in [-0.4, -0.2) is 73.4 Å². The number of ether oxygens (including phenoxy) is 1. The molecule has 0 bridgehead atoms. The normalized spacial score (nSPS) is 14.3. The van der Waals surface area contributed by atoms with Crippen LogP contribution < -0.4 is 15.0 Å². The van der Waals surface area contributed by atoms with E-state index in [0.717, 1.165) is 47.8 Å². The predicted molar refractivity (Wildman–Crippen MR) is 124 cm³/mol. The Morgan fingerprint density at radius 3 is 2.26 bits per heavy atom. The summed E-state index contributed by atoms with van der Waals surface area (Å²) < 4.78 is 38.0. The monoisotopic (exact) mass is 496 g/mol. The zero-order chi connectivity index (χ0) is 24.9. The van der Waals surface area contributed by atoms with Gasteiger partial charge in [0.15, 0.2) is 5.13 Å². The van der Waals surface area contributed by atoms with Crippen molar-refractivity contribution < 1.29 is 32.6 Å². The van der Waals surface area contributed by atoms with Gasteiger partial charge in [-0.1, -0.05) is 11.3 Å². The van der Waals surface area contributed by atoms with E-state index in [-0.39, 0.29) is 5.91 Å². The molecule has 2 N–H and O–H groups in total. The van der Waals surface area contributed by atoms with Crippen molar-refractivity contribution in [2.75, 3.05) is 50.6 Å². The quantitative estimate of drug-likeness (QED) is 0.565. The van der Waals surface area contributed by atoms with Crippen LogP contribution in [0.4, 0.5) is 24.0 Å². The minimum absolute atomic E-state index is 0.147. The first-order valence-electron chi connectivity index (χ1n) is 10.2. The highest BCUT2D eigenvalue weighted by Crippen LogP contribution is 2.29. The van der Waals surface area contributed by atoms with E-state index in [1.165, 1.54) is 11.3 Å². The van der Waals surface area contributed by atoms with Gasteiger partial charge in [0, 0.05) is 37.4 Å². The number of alkyl halides is 3. The van der Waals surface area contributed by atoms with E-state index >= 15 is 0 Å². The van der Waals surface area contributed by atoms with Crippen molar-refractivity contribution in [1.82, 2.24) is 9.88 Å². The third-order valence-corrected chi connectivity index (χ3v) is 5.99. The lowest BCUT2D eigenvalue weighted by molar-refractivity contribution is -0.192. The summed E-state index contributed by atoms with van der Waals surface area (Å²) in [7, 11) is 3.78. The Morgan fingerprint density at radius 2 is 1.71 bits per heavy atom. The van der Waals surface area contributed by atoms with Gasteiger partial charge in [-0.05, 0) is 49.5 Å². The first-order chi connectivity index (χ1) is 16.1. The van der Waals surface area contributed by atoms with Crippen LogP contribution in [0.2, 0.25) is 0 Å². The van der Waals surface area contributed by atoms with Crippen LogP contribution in [0.25, 0.3) is 10.2 Å². The van der Waals surface area contributed by atoms with E-state index in [0.29, 0.717) is 10.7 Å². The highest BCUT2D eigenvalue weighted by atomic mass is 32.1. The van der Waals surface area contributed by atoms with Crippen molar-refractivity contribution in [1.29, 1.82) is 0 Å². The van der Waals surface area contributed by atoms with Gasteiger partial charge in [0.2, 0.25) is 0 Å². The number of nitrogens with zero attached hydrogens (tertiary/aromatic N) is 3. The molecule has 1 saturated heterocycles. The van der Waals surface area contributed by atoms with Gasteiger partial charge >= 0.3 is 12.1 Å². The summed E-state index contributed by atoms with van der Waals surface area (Å²) in [5.74, 6) is -2.12. The molecule has 3 aromatic rings. The molecular weight excluding hydrogens is 473 g/mol. The van der Waals surface area contributed by atoms with Crippen molar-refractivity contribution in [2.24, 2.45) is 0 Å². The summed E-state index contributed by atoms with van der Waals surface area (Å²) in [4.78, 5) is 30.6. The molecule has 1 aliphatic heterocycles. The van der Waals surface area contributed by atoms with Gasteiger partial charge in [-0.3, -0.25) is 10.1 Å². The van der Waals surface area contributed by atoms with E-state index in [9.17, 15) is 18.0 Å². The zero-order valence-electron chi connectivity index (χ0n) is 18.4. The van der Waals surface area contributed by atoms with E-state index in [1.807, 2.05) is 42.5 Å². The number of thiazole rings is 1. The molecule has 1 aliphatic rings. The number of methoxy groups -OCH3 is 1. The topological polar surface area (TPSA) is 95.0 Å². The Balaban J connectivity index is 0.000000406. The minimum Gasteiger partial charge on any atom is -0.497 e. The lowest BCUT2D eigenvalue weighted by Crippen LogP contribution is -2.44. The maximum atomic E-state index is 12.6. The molecule has 0 aliphatic carbocycles. The fourth-order valence-corrected chi connectivity index (χ4v) is 4.03. The second-order valence-electron chi connectivity index (χ2n) is 7.45. The van der Waals surface area contributed by atoms with Crippen molar-refractivity contribution in [3.05, 3.63) is 48.0 Å². The smallest absolute Gasteiger partial charge is 0.490 e. The number of hydrogen-bond acceptors (Lipinski definition) is 7. The van der Waals surface area contributed by atoms with Crippen LogP contribution in [0.3, 0.4) is 0 Å². The van der Waals surface area contributed by atoms with Gasteiger partial charge in [0.25, 0.3) is 5.91 Å². The Kier molecular flexibility index (Phi) is 7.94. The molecule has 1 fully saturated rings. The Labute approximate surface area is 197 Å². The number of fused-ring (bicyclic) bond motifs is 1. The molecule has 0 spiro atoms. The molecule has 4 rings (SSSR count). The van der Waals surface area contributed by atoms with Gasteiger partial charge in [0.1, 0.15) is 5.75 Å². The average Bonchev–Trinajstić information content (AvgIpc) is 3.20. The number of halogens is 3. The molecule has 0 radical (unpaired) electrons. The molecule has 0 unspecified atom stereocenters. The number of amides is 1. The third-order valence-electron chi connectivity index (χ3n) is 5.06. The maximum Gasteiger partial charge on any atom is 0.490 e. The Bertz CT molecular complexity index is 1140. The SMILES string of the molecule is COc1ccc2nc(NC(=O)c3ccc(N4CCN(C)CC4)cc3)sc2c1.O=C(O)C(F)(F)F. The molecule has 1 aromatic heterocycles. The summed E-state index contributed by atoms with van der Waals surface area (Å²) in [6, 6.07) is 13.5. The summed E-state index contributed by atoms with van der Waals surface area (Å²) in [6.07, 6.45) is -5.08. The van der Waals surface area contributed by atoms with Gasteiger partial charge in [-0.15, -0.1) is 0 Å². The highest BCUT2D eigenvalue weighted by Gasteiger charge is 2.38. The number of hydrogen-bond donors (Lipinski definition) is 2. The number of carbonyl (C=O) groups excluding carboxylic acids is 1. The first-order valence-corrected chi connectivity index (χ1v) is 11.0. The van der Waals surface area contributed by atoms with Crippen molar-refractivity contribution in [2.45, 2.75) is 6.18 Å². The van der Waals surface area contributed by atoms with Crippen LogP contribution in [0.15, 0.2) is 42.5 Å². The molecule has 1 amide bonds. The Hall–Kier alpha value is -3.38. The number of aliphatic carboxylic acids is 1. The predicted octanol–water partition coefficient (Wildman–Crippen LogP) is 3.94. The van der Waals surface area contributed by atoms with Gasteiger partial charge in [0.05, 0.1) is 17.3 Å². The number of anilines is 2. The van der Waals surface area contributed by atoms with E-state index in [2.05, 4.69) is 27.1 Å². The molecule has 2 aromatic carbocycles. The number of nitrogens with one attached hydrogen (secondary N) is 1. The first kappa shape index (κ1) is 25.2. The molecule has 0 atom stereocenters. The Morgan fingerprint density at radius 1 is 1.09 bits per heavy atom. The highest BCUT2D eigenvalue weighted by molar-refractivity contribution is 7.22. The van der Waals surface area contributed by atoms with E-state index in [4.69, 9.17) is 14.6 Å². The van der Waals surface area contributed by atoms with Crippen LogP contribution in [0, 0.1) is 0 Å². The largest absolute Gasteiger partial charge is 0.497 e. The molecule has 0 saturated carbocycles. The number of carboxylic acid groups (broad SMARTS) is 1. The number of piperazine rings is 1. The van der Waals surface area contributed by atoms with Crippen LogP contribution >= 0.6 is 11.3 Å². The summed E-state index contributed by atoms with van der Waals surface area (Å²) in [5, 5.41) is 10.6. The van der Waals surface area contributed by atoms with Gasteiger partial charge in [-0.25, -0.2) is 9.78 Å². The second kappa shape index (κ2) is 10.7. The van der Waals surface area contributed by atoms with E-state index < -0.39 is 12.1 Å².